The Labute approximate surface area is 150 Å². The maximum atomic E-state index is 12.6. The summed E-state index contributed by atoms with van der Waals surface area (Å²) in [6.45, 7) is 4.39. The van der Waals surface area contributed by atoms with E-state index in [0.717, 1.165) is 30.1 Å². The molecule has 1 N–H and O–H groups in total. The SMILES string of the molecule is C=CCN(C(=O)CCNC(=O)c1ccco1)c1nc2c(s1)CCCC2. The van der Waals surface area contributed by atoms with Crippen molar-refractivity contribution in [1.82, 2.24) is 10.3 Å². The molecule has 2 amide bonds. The Balaban J connectivity index is 1.60. The van der Waals surface area contributed by atoms with Crippen molar-refractivity contribution in [3.8, 4) is 0 Å². The normalized spacial score (nSPS) is 13.1. The molecule has 1 aliphatic rings. The number of hydrogen-bond acceptors (Lipinski definition) is 5. The van der Waals surface area contributed by atoms with Crippen molar-refractivity contribution in [3.63, 3.8) is 0 Å². The Bertz CT molecular complexity index is 728. The smallest absolute Gasteiger partial charge is 0.286 e. The molecule has 0 saturated heterocycles. The molecule has 7 heteroatoms. The van der Waals surface area contributed by atoms with Gasteiger partial charge in [0.05, 0.1) is 12.0 Å². The highest BCUT2D eigenvalue weighted by Crippen LogP contribution is 2.32. The van der Waals surface area contributed by atoms with Crippen LogP contribution in [0.5, 0.6) is 0 Å². The van der Waals surface area contributed by atoms with Crippen molar-refractivity contribution < 1.29 is 14.0 Å². The van der Waals surface area contributed by atoms with Gasteiger partial charge in [-0.25, -0.2) is 4.98 Å². The molecule has 2 aromatic heterocycles. The summed E-state index contributed by atoms with van der Waals surface area (Å²) < 4.78 is 5.03. The molecule has 3 rings (SSSR count). The van der Waals surface area contributed by atoms with Crippen LogP contribution in [0.2, 0.25) is 0 Å². The molecule has 0 fully saturated rings. The standard InChI is InChI=1S/C18H21N3O3S/c1-2-11-21(18-20-13-6-3-4-8-15(13)25-18)16(22)9-10-19-17(23)14-7-5-12-24-14/h2,5,7,12H,1,3-4,6,8-11H2,(H,19,23). The van der Waals surface area contributed by atoms with Gasteiger partial charge in [-0.05, 0) is 37.8 Å². The van der Waals surface area contributed by atoms with E-state index < -0.39 is 0 Å². The number of furan rings is 1. The predicted octanol–water partition coefficient (Wildman–Crippen LogP) is 2.95. The fraction of sp³-hybridized carbons (Fsp3) is 0.389. The number of carbonyl (C=O) groups is 2. The van der Waals surface area contributed by atoms with Crippen LogP contribution in [0.15, 0.2) is 35.5 Å². The van der Waals surface area contributed by atoms with E-state index in [9.17, 15) is 9.59 Å². The van der Waals surface area contributed by atoms with Gasteiger partial charge in [0.25, 0.3) is 5.91 Å². The van der Waals surface area contributed by atoms with E-state index in [1.807, 2.05) is 0 Å². The molecule has 0 radical (unpaired) electrons. The van der Waals surface area contributed by atoms with E-state index in [1.54, 1.807) is 34.4 Å². The third-order valence-electron chi connectivity index (χ3n) is 4.05. The molecule has 2 aromatic rings. The number of thiazole rings is 1. The fourth-order valence-electron chi connectivity index (χ4n) is 2.78. The monoisotopic (exact) mass is 359 g/mol. The molecule has 0 unspecified atom stereocenters. The summed E-state index contributed by atoms with van der Waals surface area (Å²) in [7, 11) is 0. The van der Waals surface area contributed by atoms with Crippen molar-refractivity contribution >= 4 is 28.3 Å². The van der Waals surface area contributed by atoms with Gasteiger partial charge in [0.15, 0.2) is 10.9 Å². The van der Waals surface area contributed by atoms with Crippen LogP contribution in [0.4, 0.5) is 5.13 Å². The van der Waals surface area contributed by atoms with Crippen LogP contribution >= 0.6 is 11.3 Å². The van der Waals surface area contributed by atoms with Crippen molar-refractivity contribution in [3.05, 3.63) is 47.4 Å². The first-order valence-electron chi connectivity index (χ1n) is 8.40. The van der Waals surface area contributed by atoms with Gasteiger partial charge in [-0.1, -0.05) is 6.08 Å². The first-order chi connectivity index (χ1) is 12.2. The van der Waals surface area contributed by atoms with Gasteiger partial charge in [0.2, 0.25) is 5.91 Å². The highest BCUT2D eigenvalue weighted by atomic mass is 32.1. The van der Waals surface area contributed by atoms with E-state index in [2.05, 4.69) is 16.9 Å². The second-order valence-corrected chi connectivity index (χ2v) is 6.91. The number of aryl methyl sites for hydroxylation is 2. The maximum Gasteiger partial charge on any atom is 0.286 e. The van der Waals surface area contributed by atoms with Crippen molar-refractivity contribution in [1.29, 1.82) is 0 Å². The second-order valence-electron chi connectivity index (χ2n) is 5.85. The van der Waals surface area contributed by atoms with Crippen LogP contribution in [0, 0.1) is 0 Å². The lowest BCUT2D eigenvalue weighted by molar-refractivity contribution is -0.118. The molecular weight excluding hydrogens is 338 g/mol. The average Bonchev–Trinajstić information content (AvgIpc) is 3.28. The highest BCUT2D eigenvalue weighted by Gasteiger charge is 2.22. The van der Waals surface area contributed by atoms with Gasteiger partial charge < -0.3 is 9.73 Å². The zero-order valence-electron chi connectivity index (χ0n) is 14.0. The number of fused-ring (bicyclic) bond motifs is 1. The molecule has 6 nitrogen and oxygen atoms in total. The average molecular weight is 359 g/mol. The first kappa shape index (κ1) is 17.4. The number of aromatic nitrogens is 1. The number of rotatable bonds is 7. The summed E-state index contributed by atoms with van der Waals surface area (Å²) in [5, 5.41) is 3.42. The van der Waals surface area contributed by atoms with Gasteiger partial charge in [0, 0.05) is 24.4 Å². The Morgan fingerprint density at radius 2 is 2.24 bits per heavy atom. The molecule has 25 heavy (non-hydrogen) atoms. The largest absolute Gasteiger partial charge is 0.459 e. The summed E-state index contributed by atoms with van der Waals surface area (Å²) in [6.07, 6.45) is 7.71. The zero-order chi connectivity index (χ0) is 17.6. The summed E-state index contributed by atoms with van der Waals surface area (Å²) in [6, 6.07) is 3.23. The molecule has 0 aromatic carbocycles. The third kappa shape index (κ3) is 4.17. The van der Waals surface area contributed by atoms with Crippen LogP contribution in [-0.4, -0.2) is 29.9 Å². The summed E-state index contributed by atoms with van der Waals surface area (Å²) in [4.78, 5) is 32.0. The summed E-state index contributed by atoms with van der Waals surface area (Å²) >= 11 is 1.59. The van der Waals surface area contributed by atoms with Gasteiger partial charge in [0.1, 0.15) is 0 Å². The van der Waals surface area contributed by atoms with Crippen molar-refractivity contribution in [2.45, 2.75) is 32.1 Å². The Morgan fingerprint density at radius 3 is 2.96 bits per heavy atom. The van der Waals surface area contributed by atoms with Gasteiger partial charge in [-0.15, -0.1) is 17.9 Å². The van der Waals surface area contributed by atoms with Gasteiger partial charge >= 0.3 is 0 Å². The molecule has 0 saturated carbocycles. The molecular formula is C18H21N3O3S. The topological polar surface area (TPSA) is 75.4 Å². The molecule has 1 aliphatic carbocycles. The Hall–Kier alpha value is -2.41. The molecule has 0 spiro atoms. The first-order valence-corrected chi connectivity index (χ1v) is 9.22. The van der Waals surface area contributed by atoms with Crippen LogP contribution in [-0.2, 0) is 17.6 Å². The van der Waals surface area contributed by atoms with E-state index in [4.69, 9.17) is 4.42 Å². The number of anilines is 1. The fourth-order valence-corrected chi connectivity index (χ4v) is 3.96. The van der Waals surface area contributed by atoms with E-state index in [-0.39, 0.29) is 30.5 Å². The zero-order valence-corrected chi connectivity index (χ0v) is 14.8. The van der Waals surface area contributed by atoms with E-state index in [0.29, 0.717) is 6.54 Å². The van der Waals surface area contributed by atoms with Crippen LogP contribution in [0.1, 0.15) is 40.4 Å². The molecule has 132 valence electrons. The maximum absolute atomic E-state index is 12.6. The molecule has 0 atom stereocenters. The minimum absolute atomic E-state index is 0.0780. The predicted molar refractivity (Wildman–Crippen MR) is 97.0 cm³/mol. The number of amides is 2. The summed E-state index contributed by atoms with van der Waals surface area (Å²) in [5.41, 5.74) is 1.12. The lowest BCUT2D eigenvalue weighted by Crippen LogP contribution is -2.34. The van der Waals surface area contributed by atoms with Gasteiger partial charge in [-0.3, -0.25) is 14.5 Å². The van der Waals surface area contributed by atoms with Crippen LogP contribution < -0.4 is 10.2 Å². The lowest BCUT2D eigenvalue weighted by atomic mass is 10.0. The minimum atomic E-state index is -0.321. The van der Waals surface area contributed by atoms with Crippen LogP contribution in [0.25, 0.3) is 0 Å². The highest BCUT2D eigenvalue weighted by molar-refractivity contribution is 7.16. The Morgan fingerprint density at radius 1 is 1.40 bits per heavy atom. The van der Waals surface area contributed by atoms with Crippen LogP contribution in [0.3, 0.4) is 0 Å². The third-order valence-corrected chi connectivity index (χ3v) is 5.23. The lowest BCUT2D eigenvalue weighted by Gasteiger charge is -2.18. The minimum Gasteiger partial charge on any atom is -0.459 e. The van der Waals surface area contributed by atoms with Crippen molar-refractivity contribution in [2.75, 3.05) is 18.0 Å². The van der Waals surface area contributed by atoms with E-state index >= 15 is 0 Å². The second kappa shape index (κ2) is 8.11. The number of nitrogens with one attached hydrogen (secondary N) is 1. The quantitative estimate of drug-likeness (QED) is 0.771. The molecule has 0 aliphatic heterocycles. The number of hydrogen-bond donors (Lipinski definition) is 1. The Kier molecular flexibility index (Phi) is 5.65. The molecule has 0 bridgehead atoms. The summed E-state index contributed by atoms with van der Waals surface area (Å²) in [5.74, 6) is -0.161. The number of nitrogens with zero attached hydrogens (tertiary/aromatic N) is 2. The van der Waals surface area contributed by atoms with E-state index in [1.165, 1.54) is 17.6 Å². The number of carbonyl (C=O) groups excluding carboxylic acids is 2. The van der Waals surface area contributed by atoms with Gasteiger partial charge in [-0.2, -0.15) is 0 Å². The van der Waals surface area contributed by atoms with Crippen molar-refractivity contribution in [2.24, 2.45) is 0 Å². The molecule has 2 heterocycles.